The Bertz CT molecular complexity index is 1080. The number of benzene rings is 3. The van der Waals surface area contributed by atoms with Crippen LogP contribution in [0.15, 0.2) is 66.7 Å². The summed E-state index contributed by atoms with van der Waals surface area (Å²) in [6, 6.07) is 20.2. The van der Waals surface area contributed by atoms with Crippen LogP contribution in [-0.2, 0) is 6.42 Å². The molecule has 4 nitrogen and oxygen atoms in total. The van der Waals surface area contributed by atoms with Crippen molar-refractivity contribution in [3.8, 4) is 0 Å². The molecule has 0 radical (unpaired) electrons. The zero-order chi connectivity index (χ0) is 20.4. The number of amides is 2. The number of hydrogen-bond donors (Lipinski definition) is 1. The summed E-state index contributed by atoms with van der Waals surface area (Å²) >= 11 is 5.99. The van der Waals surface area contributed by atoms with Crippen molar-refractivity contribution in [2.75, 3.05) is 16.8 Å². The lowest BCUT2D eigenvalue weighted by atomic mass is 9.98. The van der Waals surface area contributed by atoms with Gasteiger partial charge in [-0.2, -0.15) is 0 Å². The molecule has 0 fully saturated rings. The van der Waals surface area contributed by atoms with Gasteiger partial charge in [0.05, 0.1) is 0 Å². The molecule has 0 unspecified atom stereocenters. The van der Waals surface area contributed by atoms with E-state index < -0.39 is 0 Å². The summed E-state index contributed by atoms with van der Waals surface area (Å²) < 4.78 is 0. The Kier molecular flexibility index (Phi) is 5.36. The molecule has 0 saturated carbocycles. The van der Waals surface area contributed by atoms with Crippen LogP contribution >= 0.6 is 11.6 Å². The Morgan fingerprint density at radius 1 is 0.966 bits per heavy atom. The van der Waals surface area contributed by atoms with Crippen molar-refractivity contribution in [2.45, 2.75) is 19.8 Å². The molecule has 1 aliphatic heterocycles. The monoisotopic (exact) mass is 404 g/mol. The topological polar surface area (TPSA) is 49.4 Å². The van der Waals surface area contributed by atoms with Crippen molar-refractivity contribution in [2.24, 2.45) is 0 Å². The molecule has 1 N–H and O–H groups in total. The molecule has 2 amide bonds. The molecular weight excluding hydrogens is 384 g/mol. The highest BCUT2D eigenvalue weighted by molar-refractivity contribution is 6.30. The maximum Gasteiger partial charge on any atom is 0.258 e. The Hall–Kier alpha value is -3.11. The first kappa shape index (κ1) is 19.2. The normalized spacial score (nSPS) is 13.0. The average molecular weight is 405 g/mol. The number of anilines is 2. The van der Waals surface area contributed by atoms with E-state index in [1.54, 1.807) is 23.1 Å². The lowest BCUT2D eigenvalue weighted by molar-refractivity contribution is 0.0984. The molecule has 0 saturated heterocycles. The van der Waals surface area contributed by atoms with E-state index in [9.17, 15) is 9.59 Å². The Morgan fingerprint density at radius 2 is 1.76 bits per heavy atom. The van der Waals surface area contributed by atoms with Gasteiger partial charge in [-0.1, -0.05) is 29.8 Å². The lowest BCUT2D eigenvalue weighted by Crippen LogP contribution is -2.35. The zero-order valence-corrected chi connectivity index (χ0v) is 16.9. The first-order chi connectivity index (χ1) is 14.0. The van der Waals surface area contributed by atoms with Crippen molar-refractivity contribution in [1.82, 2.24) is 0 Å². The molecule has 1 aliphatic rings. The summed E-state index contributed by atoms with van der Waals surface area (Å²) in [5, 5.41) is 3.58. The van der Waals surface area contributed by atoms with E-state index in [-0.39, 0.29) is 11.8 Å². The van der Waals surface area contributed by atoms with E-state index in [0.717, 1.165) is 35.3 Å². The molecule has 0 aromatic heterocycles. The second-order valence-electron chi connectivity index (χ2n) is 7.18. The zero-order valence-electron chi connectivity index (χ0n) is 16.1. The molecule has 3 aromatic carbocycles. The van der Waals surface area contributed by atoms with E-state index in [2.05, 4.69) is 5.32 Å². The fourth-order valence-corrected chi connectivity index (χ4v) is 3.87. The van der Waals surface area contributed by atoms with Crippen LogP contribution in [0, 0.1) is 6.92 Å². The minimum absolute atomic E-state index is 0.0134. The van der Waals surface area contributed by atoms with Gasteiger partial charge in [0, 0.05) is 34.1 Å². The third kappa shape index (κ3) is 4.03. The molecule has 1 heterocycles. The van der Waals surface area contributed by atoms with Crippen molar-refractivity contribution in [3.63, 3.8) is 0 Å². The summed E-state index contributed by atoms with van der Waals surface area (Å²) in [7, 11) is 0. The maximum atomic E-state index is 12.9. The van der Waals surface area contributed by atoms with Gasteiger partial charge in [-0.3, -0.25) is 9.59 Å². The molecule has 0 aliphatic carbocycles. The SMILES string of the molecule is Cc1cc(Cl)ccc1NC(=O)c1ccc2c(c1)CCCN2C(=O)c1ccccc1. The molecule has 0 atom stereocenters. The number of carbonyl (C=O) groups is 2. The first-order valence-electron chi connectivity index (χ1n) is 9.60. The molecule has 146 valence electrons. The quantitative estimate of drug-likeness (QED) is 0.627. The van der Waals surface area contributed by atoms with Crippen LogP contribution < -0.4 is 10.2 Å². The van der Waals surface area contributed by atoms with Crippen LogP contribution in [0.1, 0.15) is 38.3 Å². The Balaban J connectivity index is 1.58. The molecule has 0 bridgehead atoms. The van der Waals surface area contributed by atoms with Crippen molar-refractivity contribution < 1.29 is 9.59 Å². The number of halogens is 1. The van der Waals surface area contributed by atoms with E-state index in [4.69, 9.17) is 11.6 Å². The molecule has 0 spiro atoms. The number of fused-ring (bicyclic) bond motifs is 1. The number of rotatable bonds is 3. The Labute approximate surface area is 175 Å². The number of nitrogens with one attached hydrogen (secondary N) is 1. The number of carbonyl (C=O) groups excluding carboxylic acids is 2. The largest absolute Gasteiger partial charge is 0.322 e. The Morgan fingerprint density at radius 3 is 2.52 bits per heavy atom. The van der Waals surface area contributed by atoms with Gasteiger partial charge in [-0.25, -0.2) is 0 Å². The predicted octanol–water partition coefficient (Wildman–Crippen LogP) is 5.49. The fourth-order valence-electron chi connectivity index (χ4n) is 3.65. The predicted molar refractivity (Wildman–Crippen MR) is 117 cm³/mol. The fraction of sp³-hybridized carbons (Fsp3) is 0.167. The molecule has 4 rings (SSSR count). The van der Waals surface area contributed by atoms with E-state index in [1.807, 2.05) is 55.5 Å². The molecule has 3 aromatic rings. The standard InChI is InChI=1S/C24H21ClN2O2/c1-16-14-20(25)10-11-21(16)26-23(28)19-9-12-22-18(15-19)8-5-13-27(22)24(29)17-6-3-2-4-7-17/h2-4,6-7,9-12,14-15H,5,8,13H2,1H3,(H,26,28). The summed E-state index contributed by atoms with van der Waals surface area (Å²) in [6.07, 6.45) is 1.71. The minimum Gasteiger partial charge on any atom is -0.322 e. The molecule has 29 heavy (non-hydrogen) atoms. The van der Waals surface area contributed by atoms with Crippen LogP contribution in [0.3, 0.4) is 0 Å². The average Bonchev–Trinajstić information content (AvgIpc) is 2.75. The third-order valence-corrected chi connectivity index (χ3v) is 5.40. The van der Waals surface area contributed by atoms with Gasteiger partial charge in [-0.15, -0.1) is 0 Å². The van der Waals surface area contributed by atoms with Gasteiger partial charge in [-0.05, 0) is 79.4 Å². The van der Waals surface area contributed by atoms with Crippen LogP contribution in [0.4, 0.5) is 11.4 Å². The summed E-state index contributed by atoms with van der Waals surface area (Å²) in [5.74, 6) is -0.190. The van der Waals surface area contributed by atoms with Crippen LogP contribution in [0.25, 0.3) is 0 Å². The second kappa shape index (κ2) is 8.10. The van der Waals surface area contributed by atoms with E-state index in [0.29, 0.717) is 22.7 Å². The highest BCUT2D eigenvalue weighted by Crippen LogP contribution is 2.30. The van der Waals surface area contributed by atoms with Gasteiger partial charge in [0.2, 0.25) is 0 Å². The van der Waals surface area contributed by atoms with E-state index >= 15 is 0 Å². The highest BCUT2D eigenvalue weighted by Gasteiger charge is 2.24. The first-order valence-corrected chi connectivity index (χ1v) is 9.98. The summed E-state index contributed by atoms with van der Waals surface area (Å²) in [4.78, 5) is 27.5. The minimum atomic E-state index is -0.176. The van der Waals surface area contributed by atoms with Crippen LogP contribution in [0.5, 0.6) is 0 Å². The van der Waals surface area contributed by atoms with Crippen molar-refractivity contribution >= 4 is 34.8 Å². The van der Waals surface area contributed by atoms with Crippen molar-refractivity contribution in [3.05, 3.63) is 94.0 Å². The van der Waals surface area contributed by atoms with Gasteiger partial charge >= 0.3 is 0 Å². The highest BCUT2D eigenvalue weighted by atomic mass is 35.5. The van der Waals surface area contributed by atoms with E-state index in [1.165, 1.54) is 0 Å². The lowest BCUT2D eigenvalue weighted by Gasteiger charge is -2.30. The summed E-state index contributed by atoms with van der Waals surface area (Å²) in [5.41, 5.74) is 4.78. The third-order valence-electron chi connectivity index (χ3n) is 5.16. The number of hydrogen-bond acceptors (Lipinski definition) is 2. The van der Waals surface area contributed by atoms with Crippen LogP contribution in [0.2, 0.25) is 5.02 Å². The van der Waals surface area contributed by atoms with Gasteiger partial charge in [0.1, 0.15) is 0 Å². The van der Waals surface area contributed by atoms with Crippen LogP contribution in [-0.4, -0.2) is 18.4 Å². The maximum absolute atomic E-state index is 12.9. The molecule has 5 heteroatoms. The van der Waals surface area contributed by atoms with Gasteiger partial charge in [0.15, 0.2) is 0 Å². The second-order valence-corrected chi connectivity index (χ2v) is 7.62. The van der Waals surface area contributed by atoms with Gasteiger partial charge in [0.25, 0.3) is 11.8 Å². The van der Waals surface area contributed by atoms with Gasteiger partial charge < -0.3 is 10.2 Å². The number of aryl methyl sites for hydroxylation is 2. The number of nitrogens with zero attached hydrogens (tertiary/aromatic N) is 1. The van der Waals surface area contributed by atoms with Crippen molar-refractivity contribution in [1.29, 1.82) is 0 Å². The smallest absolute Gasteiger partial charge is 0.258 e. The summed E-state index contributed by atoms with van der Waals surface area (Å²) in [6.45, 7) is 2.58. The molecular formula is C24H21ClN2O2.